The summed E-state index contributed by atoms with van der Waals surface area (Å²) in [5.74, 6) is 0.151. The zero-order chi connectivity index (χ0) is 10.8. The lowest BCUT2D eigenvalue weighted by Crippen LogP contribution is -2.09. The SMILES string of the molecule is Fc1c(Cl)nc(C2CCCCC2)nc1Cl. The van der Waals surface area contributed by atoms with E-state index in [1.54, 1.807) is 0 Å². The maximum absolute atomic E-state index is 13.1. The number of hydrogen-bond acceptors (Lipinski definition) is 2. The van der Waals surface area contributed by atoms with Crippen LogP contribution in [0.2, 0.25) is 10.3 Å². The summed E-state index contributed by atoms with van der Waals surface area (Å²) in [6, 6.07) is 0. The van der Waals surface area contributed by atoms with Gasteiger partial charge in [-0.1, -0.05) is 42.5 Å². The topological polar surface area (TPSA) is 25.8 Å². The van der Waals surface area contributed by atoms with Crippen LogP contribution in [0.15, 0.2) is 0 Å². The number of nitrogens with zero attached hydrogens (tertiary/aromatic N) is 2. The summed E-state index contributed by atoms with van der Waals surface area (Å²) >= 11 is 11.3. The average molecular weight is 249 g/mol. The van der Waals surface area contributed by atoms with E-state index in [0.29, 0.717) is 5.82 Å². The van der Waals surface area contributed by atoms with Gasteiger partial charge in [0.25, 0.3) is 0 Å². The van der Waals surface area contributed by atoms with Crippen LogP contribution in [0.3, 0.4) is 0 Å². The fraction of sp³-hybridized carbons (Fsp3) is 0.600. The summed E-state index contributed by atoms with van der Waals surface area (Å²) in [5.41, 5.74) is 0. The Morgan fingerprint density at radius 1 is 1.00 bits per heavy atom. The second-order valence-corrected chi connectivity index (χ2v) is 4.53. The molecular weight excluding hydrogens is 238 g/mol. The first-order chi connectivity index (χ1) is 7.18. The number of hydrogen-bond donors (Lipinski definition) is 0. The maximum Gasteiger partial charge on any atom is 0.197 e. The predicted molar refractivity (Wildman–Crippen MR) is 57.8 cm³/mol. The molecular formula is C10H11Cl2FN2. The van der Waals surface area contributed by atoms with Crippen molar-refractivity contribution < 1.29 is 4.39 Å². The lowest BCUT2D eigenvalue weighted by atomic mass is 9.89. The molecule has 1 aromatic rings. The van der Waals surface area contributed by atoms with Crippen molar-refractivity contribution in [3.05, 3.63) is 21.9 Å². The van der Waals surface area contributed by atoms with Crippen LogP contribution >= 0.6 is 23.2 Å². The van der Waals surface area contributed by atoms with Gasteiger partial charge in [-0.2, -0.15) is 0 Å². The Balaban J connectivity index is 2.27. The predicted octanol–water partition coefficient (Wildman–Crippen LogP) is 3.97. The fourth-order valence-corrected chi connectivity index (χ4v) is 2.35. The summed E-state index contributed by atoms with van der Waals surface area (Å²) in [5, 5.41) is -0.342. The molecule has 1 fully saturated rings. The van der Waals surface area contributed by atoms with Gasteiger partial charge in [-0.15, -0.1) is 0 Å². The van der Waals surface area contributed by atoms with E-state index in [0.717, 1.165) is 12.8 Å². The van der Waals surface area contributed by atoms with E-state index in [1.165, 1.54) is 19.3 Å². The van der Waals surface area contributed by atoms with Crippen molar-refractivity contribution in [3.8, 4) is 0 Å². The molecule has 1 aromatic heterocycles. The van der Waals surface area contributed by atoms with Crippen LogP contribution in [0.1, 0.15) is 43.8 Å². The van der Waals surface area contributed by atoms with Crippen molar-refractivity contribution in [1.82, 2.24) is 9.97 Å². The lowest BCUT2D eigenvalue weighted by Gasteiger charge is -2.20. The van der Waals surface area contributed by atoms with Crippen LogP contribution < -0.4 is 0 Å². The summed E-state index contributed by atoms with van der Waals surface area (Å²) in [4.78, 5) is 7.90. The fourth-order valence-electron chi connectivity index (χ4n) is 1.95. The monoisotopic (exact) mass is 248 g/mol. The molecule has 1 saturated carbocycles. The Kier molecular flexibility index (Phi) is 3.42. The van der Waals surface area contributed by atoms with Crippen molar-refractivity contribution in [2.24, 2.45) is 0 Å². The molecule has 0 spiro atoms. The first-order valence-corrected chi connectivity index (χ1v) is 5.82. The van der Waals surface area contributed by atoms with Gasteiger partial charge in [0.2, 0.25) is 0 Å². The zero-order valence-corrected chi connectivity index (χ0v) is 9.65. The van der Waals surface area contributed by atoms with E-state index in [2.05, 4.69) is 9.97 Å². The van der Waals surface area contributed by atoms with E-state index in [1.807, 2.05) is 0 Å². The van der Waals surface area contributed by atoms with Crippen LogP contribution in [-0.2, 0) is 0 Å². The standard InChI is InChI=1S/C10H11Cl2FN2/c11-8-7(13)9(12)15-10(14-8)6-4-2-1-3-5-6/h6H,1-5H2. The highest BCUT2D eigenvalue weighted by Crippen LogP contribution is 2.32. The Labute approximate surface area is 97.8 Å². The first kappa shape index (κ1) is 11.1. The highest BCUT2D eigenvalue weighted by Gasteiger charge is 2.21. The van der Waals surface area contributed by atoms with E-state index in [9.17, 15) is 4.39 Å². The Hall–Kier alpha value is -0.410. The van der Waals surface area contributed by atoms with Crippen molar-refractivity contribution >= 4 is 23.2 Å². The maximum atomic E-state index is 13.1. The number of rotatable bonds is 1. The molecule has 0 radical (unpaired) electrons. The molecule has 2 rings (SSSR count). The van der Waals surface area contributed by atoms with E-state index in [4.69, 9.17) is 23.2 Å². The molecule has 0 bridgehead atoms. The molecule has 0 atom stereocenters. The zero-order valence-electron chi connectivity index (χ0n) is 8.14. The first-order valence-electron chi connectivity index (χ1n) is 5.07. The van der Waals surface area contributed by atoms with Crippen LogP contribution in [0.5, 0.6) is 0 Å². The van der Waals surface area contributed by atoms with Gasteiger partial charge in [-0.25, -0.2) is 14.4 Å². The molecule has 2 nitrogen and oxygen atoms in total. The third-order valence-electron chi connectivity index (χ3n) is 2.76. The van der Waals surface area contributed by atoms with E-state index < -0.39 is 5.82 Å². The van der Waals surface area contributed by atoms with Gasteiger partial charge < -0.3 is 0 Å². The van der Waals surface area contributed by atoms with Gasteiger partial charge in [0.05, 0.1) is 0 Å². The van der Waals surface area contributed by atoms with Gasteiger partial charge in [0.15, 0.2) is 16.1 Å². The largest absolute Gasteiger partial charge is 0.218 e. The summed E-state index contributed by atoms with van der Waals surface area (Å²) in [7, 11) is 0. The highest BCUT2D eigenvalue weighted by molar-refractivity contribution is 6.33. The Morgan fingerprint density at radius 2 is 1.53 bits per heavy atom. The molecule has 5 heteroatoms. The van der Waals surface area contributed by atoms with Gasteiger partial charge in [-0.3, -0.25) is 0 Å². The number of halogens is 3. The summed E-state index contributed by atoms with van der Waals surface area (Å²) in [6.07, 6.45) is 5.66. The Morgan fingerprint density at radius 3 is 2.07 bits per heavy atom. The molecule has 0 aliphatic heterocycles. The van der Waals surface area contributed by atoms with Gasteiger partial charge in [0.1, 0.15) is 5.82 Å². The lowest BCUT2D eigenvalue weighted by molar-refractivity contribution is 0.426. The molecule has 15 heavy (non-hydrogen) atoms. The minimum atomic E-state index is -0.724. The van der Waals surface area contributed by atoms with Gasteiger partial charge in [0, 0.05) is 5.92 Å². The van der Waals surface area contributed by atoms with Crippen molar-refractivity contribution in [3.63, 3.8) is 0 Å². The van der Waals surface area contributed by atoms with Crippen molar-refractivity contribution in [2.75, 3.05) is 0 Å². The molecule has 0 saturated heterocycles. The third-order valence-corrected chi connectivity index (χ3v) is 3.26. The quantitative estimate of drug-likeness (QED) is 0.703. The van der Waals surface area contributed by atoms with E-state index >= 15 is 0 Å². The van der Waals surface area contributed by atoms with Gasteiger partial charge >= 0.3 is 0 Å². The second-order valence-electron chi connectivity index (χ2n) is 3.81. The Bertz CT molecular complexity index is 341. The van der Waals surface area contributed by atoms with Crippen LogP contribution in [-0.4, -0.2) is 9.97 Å². The molecule has 0 aromatic carbocycles. The summed E-state index contributed by atoms with van der Waals surface area (Å²) < 4.78 is 13.1. The average Bonchev–Trinajstić information content (AvgIpc) is 2.26. The smallest absolute Gasteiger partial charge is 0.197 e. The molecule has 0 N–H and O–H groups in total. The molecule has 1 aliphatic carbocycles. The van der Waals surface area contributed by atoms with Crippen molar-refractivity contribution in [1.29, 1.82) is 0 Å². The van der Waals surface area contributed by atoms with Crippen LogP contribution in [0.4, 0.5) is 4.39 Å². The molecule has 1 aliphatic rings. The third kappa shape index (κ3) is 2.40. The minimum Gasteiger partial charge on any atom is -0.218 e. The summed E-state index contributed by atoms with van der Waals surface area (Å²) in [6.45, 7) is 0. The number of aromatic nitrogens is 2. The molecule has 82 valence electrons. The van der Waals surface area contributed by atoms with Crippen molar-refractivity contribution in [2.45, 2.75) is 38.0 Å². The second kappa shape index (κ2) is 4.62. The minimum absolute atomic E-state index is 0.171. The highest BCUT2D eigenvalue weighted by atomic mass is 35.5. The van der Waals surface area contributed by atoms with Gasteiger partial charge in [-0.05, 0) is 12.8 Å². The normalized spacial score (nSPS) is 18.1. The molecule has 0 amide bonds. The van der Waals surface area contributed by atoms with E-state index in [-0.39, 0.29) is 16.2 Å². The molecule has 1 heterocycles. The van der Waals surface area contributed by atoms with Crippen LogP contribution in [0.25, 0.3) is 0 Å². The molecule has 0 unspecified atom stereocenters. The van der Waals surface area contributed by atoms with Crippen LogP contribution in [0, 0.1) is 5.82 Å².